The lowest BCUT2D eigenvalue weighted by Crippen LogP contribution is -2.29. The van der Waals surface area contributed by atoms with Crippen LogP contribution in [-0.4, -0.2) is 23.5 Å². The number of rotatable bonds is 4. The zero-order chi connectivity index (χ0) is 15.0. The molecule has 4 nitrogen and oxygen atoms in total. The molecule has 0 bridgehead atoms. The SMILES string of the molecule is CC.CCc1c(F)cc(C(=O)NCC(=O)O)cc1Cl. The Balaban J connectivity index is 0.00000154. The maximum atomic E-state index is 13.5. The summed E-state index contributed by atoms with van der Waals surface area (Å²) in [4.78, 5) is 21.7. The Morgan fingerprint density at radius 2 is 1.95 bits per heavy atom. The van der Waals surface area contributed by atoms with Crippen molar-refractivity contribution in [3.63, 3.8) is 0 Å². The highest BCUT2D eigenvalue weighted by molar-refractivity contribution is 6.31. The fourth-order valence-corrected chi connectivity index (χ4v) is 1.67. The minimum atomic E-state index is -1.17. The Hall–Kier alpha value is -1.62. The summed E-state index contributed by atoms with van der Waals surface area (Å²) in [5, 5.41) is 10.7. The van der Waals surface area contributed by atoms with Gasteiger partial charge in [-0.15, -0.1) is 0 Å². The van der Waals surface area contributed by atoms with E-state index in [1.165, 1.54) is 6.07 Å². The van der Waals surface area contributed by atoms with E-state index in [-0.39, 0.29) is 10.6 Å². The van der Waals surface area contributed by atoms with Gasteiger partial charge in [-0.3, -0.25) is 9.59 Å². The number of amides is 1. The maximum absolute atomic E-state index is 13.5. The van der Waals surface area contributed by atoms with Crippen molar-refractivity contribution in [2.75, 3.05) is 6.54 Å². The predicted octanol–water partition coefficient (Wildman–Crippen LogP) is 2.88. The van der Waals surface area contributed by atoms with Crippen LogP contribution in [0.25, 0.3) is 0 Å². The molecule has 0 radical (unpaired) electrons. The fourth-order valence-electron chi connectivity index (χ4n) is 1.33. The number of hydrogen-bond acceptors (Lipinski definition) is 2. The smallest absolute Gasteiger partial charge is 0.322 e. The van der Waals surface area contributed by atoms with Gasteiger partial charge in [0.1, 0.15) is 12.4 Å². The van der Waals surface area contributed by atoms with Crippen molar-refractivity contribution in [2.24, 2.45) is 0 Å². The lowest BCUT2D eigenvalue weighted by Gasteiger charge is -2.07. The molecule has 0 atom stereocenters. The van der Waals surface area contributed by atoms with E-state index in [2.05, 4.69) is 5.32 Å². The summed E-state index contributed by atoms with van der Waals surface area (Å²) in [5.74, 6) is -2.41. The molecule has 0 aliphatic heterocycles. The molecular weight excluding hydrogens is 273 g/mol. The van der Waals surface area contributed by atoms with Crippen LogP contribution in [0.5, 0.6) is 0 Å². The Kier molecular flexibility index (Phi) is 7.75. The lowest BCUT2D eigenvalue weighted by molar-refractivity contribution is -0.135. The van der Waals surface area contributed by atoms with Gasteiger partial charge in [-0.2, -0.15) is 0 Å². The van der Waals surface area contributed by atoms with Crippen LogP contribution < -0.4 is 5.32 Å². The minimum Gasteiger partial charge on any atom is -0.480 e. The Morgan fingerprint density at radius 3 is 2.37 bits per heavy atom. The minimum absolute atomic E-state index is 0.00551. The largest absolute Gasteiger partial charge is 0.480 e. The summed E-state index contributed by atoms with van der Waals surface area (Å²) in [6.07, 6.45) is 0.418. The van der Waals surface area contributed by atoms with Gasteiger partial charge in [-0.05, 0) is 18.6 Å². The van der Waals surface area contributed by atoms with Crippen LogP contribution in [0, 0.1) is 5.82 Å². The molecule has 0 aliphatic rings. The van der Waals surface area contributed by atoms with Crippen LogP contribution >= 0.6 is 11.6 Å². The predicted molar refractivity (Wildman–Crippen MR) is 72.1 cm³/mol. The van der Waals surface area contributed by atoms with Gasteiger partial charge < -0.3 is 10.4 Å². The van der Waals surface area contributed by atoms with E-state index in [1.54, 1.807) is 6.92 Å². The van der Waals surface area contributed by atoms with Gasteiger partial charge in [0, 0.05) is 16.1 Å². The van der Waals surface area contributed by atoms with E-state index in [0.717, 1.165) is 6.07 Å². The quantitative estimate of drug-likeness (QED) is 0.895. The normalized spacial score (nSPS) is 9.32. The number of carboxylic acids is 1. The van der Waals surface area contributed by atoms with E-state index >= 15 is 0 Å². The standard InChI is InChI=1S/C11H11ClFNO3.C2H6/c1-2-7-8(12)3-6(4-9(7)13)11(17)14-5-10(15)16;1-2/h3-4H,2,5H2,1H3,(H,14,17)(H,15,16);1-2H3. The number of carbonyl (C=O) groups is 2. The van der Waals surface area contributed by atoms with Gasteiger partial charge in [-0.25, -0.2) is 4.39 Å². The molecule has 2 N–H and O–H groups in total. The van der Waals surface area contributed by atoms with Crippen molar-refractivity contribution in [3.8, 4) is 0 Å². The van der Waals surface area contributed by atoms with Crippen LogP contribution in [0.2, 0.25) is 5.02 Å². The maximum Gasteiger partial charge on any atom is 0.322 e. The first-order valence-electron chi connectivity index (χ1n) is 5.93. The number of halogens is 2. The first-order chi connectivity index (χ1) is 8.95. The van der Waals surface area contributed by atoms with Crippen molar-refractivity contribution in [3.05, 3.63) is 34.1 Å². The number of benzene rings is 1. The summed E-state index contributed by atoms with van der Waals surface area (Å²) >= 11 is 5.81. The number of nitrogens with one attached hydrogen (secondary N) is 1. The van der Waals surface area contributed by atoms with Crippen LogP contribution in [0.4, 0.5) is 4.39 Å². The van der Waals surface area contributed by atoms with Gasteiger partial charge in [-0.1, -0.05) is 32.4 Å². The molecule has 1 rings (SSSR count). The molecule has 0 fully saturated rings. The third kappa shape index (κ3) is 5.26. The first kappa shape index (κ1) is 17.4. The van der Waals surface area contributed by atoms with Gasteiger partial charge in [0.2, 0.25) is 0 Å². The molecule has 1 aromatic carbocycles. The highest BCUT2D eigenvalue weighted by atomic mass is 35.5. The van der Waals surface area contributed by atoms with Gasteiger partial charge in [0.05, 0.1) is 0 Å². The molecule has 106 valence electrons. The van der Waals surface area contributed by atoms with Crippen LogP contribution in [0.15, 0.2) is 12.1 Å². The number of aliphatic carboxylic acids is 1. The van der Waals surface area contributed by atoms with Gasteiger partial charge in [0.25, 0.3) is 5.91 Å². The lowest BCUT2D eigenvalue weighted by atomic mass is 10.1. The molecule has 0 spiro atoms. The van der Waals surface area contributed by atoms with E-state index in [0.29, 0.717) is 12.0 Å². The summed E-state index contributed by atoms with van der Waals surface area (Å²) in [7, 11) is 0. The Labute approximate surface area is 116 Å². The zero-order valence-electron chi connectivity index (χ0n) is 11.1. The zero-order valence-corrected chi connectivity index (χ0v) is 11.8. The fraction of sp³-hybridized carbons (Fsp3) is 0.385. The highest BCUT2D eigenvalue weighted by Crippen LogP contribution is 2.22. The molecule has 0 saturated heterocycles. The molecule has 0 aliphatic carbocycles. The molecule has 0 unspecified atom stereocenters. The molecule has 0 heterocycles. The molecule has 19 heavy (non-hydrogen) atoms. The summed E-state index contributed by atoms with van der Waals surface area (Å²) in [6.45, 7) is 5.22. The van der Waals surface area contributed by atoms with E-state index in [1.807, 2.05) is 13.8 Å². The average Bonchev–Trinajstić information content (AvgIpc) is 2.37. The summed E-state index contributed by atoms with van der Waals surface area (Å²) < 4.78 is 13.5. The number of carbonyl (C=O) groups excluding carboxylic acids is 1. The second-order valence-electron chi connectivity index (χ2n) is 3.35. The molecule has 0 saturated carbocycles. The molecule has 1 aromatic rings. The number of hydrogen-bond donors (Lipinski definition) is 2. The molecule has 6 heteroatoms. The number of carboxylic acid groups (broad SMARTS) is 1. The summed E-state index contributed by atoms with van der Waals surface area (Å²) in [5.41, 5.74) is 0.340. The van der Waals surface area contributed by atoms with Crippen LogP contribution in [0.1, 0.15) is 36.7 Å². The molecule has 0 aromatic heterocycles. The van der Waals surface area contributed by atoms with Crippen molar-refractivity contribution in [1.29, 1.82) is 0 Å². The van der Waals surface area contributed by atoms with E-state index in [4.69, 9.17) is 16.7 Å². The second kappa shape index (κ2) is 8.48. The summed E-state index contributed by atoms with van der Waals surface area (Å²) in [6, 6.07) is 2.36. The van der Waals surface area contributed by atoms with Crippen LogP contribution in [-0.2, 0) is 11.2 Å². The first-order valence-corrected chi connectivity index (χ1v) is 6.31. The topological polar surface area (TPSA) is 66.4 Å². The van der Waals surface area contributed by atoms with Crippen molar-refractivity contribution in [2.45, 2.75) is 27.2 Å². The average molecular weight is 290 g/mol. The van der Waals surface area contributed by atoms with Crippen molar-refractivity contribution in [1.82, 2.24) is 5.32 Å². The Morgan fingerprint density at radius 1 is 1.37 bits per heavy atom. The van der Waals surface area contributed by atoms with Gasteiger partial charge in [0.15, 0.2) is 0 Å². The highest BCUT2D eigenvalue weighted by Gasteiger charge is 2.13. The third-order valence-corrected chi connectivity index (χ3v) is 2.49. The van der Waals surface area contributed by atoms with Crippen LogP contribution in [0.3, 0.4) is 0 Å². The Bertz CT molecular complexity index is 440. The third-order valence-electron chi connectivity index (χ3n) is 2.16. The van der Waals surface area contributed by atoms with Crippen molar-refractivity contribution < 1.29 is 19.1 Å². The second-order valence-corrected chi connectivity index (χ2v) is 3.76. The van der Waals surface area contributed by atoms with E-state index < -0.39 is 24.2 Å². The monoisotopic (exact) mass is 289 g/mol. The van der Waals surface area contributed by atoms with Gasteiger partial charge >= 0.3 is 5.97 Å². The van der Waals surface area contributed by atoms with E-state index in [9.17, 15) is 14.0 Å². The van der Waals surface area contributed by atoms with Crippen molar-refractivity contribution >= 4 is 23.5 Å². The molecule has 1 amide bonds. The molecular formula is C13H17ClFNO3.